The second-order valence-corrected chi connectivity index (χ2v) is 15.2. The molecular weight excluding hydrogens is 592 g/mol. The van der Waals surface area contributed by atoms with Crippen LogP contribution in [0.15, 0.2) is 71.6 Å². The van der Waals surface area contributed by atoms with E-state index >= 15 is 0 Å². The lowest BCUT2D eigenvalue weighted by molar-refractivity contribution is -0.166. The fourth-order valence-electron chi connectivity index (χ4n) is 11.6. The standard InChI is InChI=1S/C38H40N4O5/c1-5-11-41-22-15-24(34-37(17-22)19(3)26(41)13-20-7-9-27(43)32(46-34)30(20)37)39-40-25-16-23-18-38-31-21(8-10-28(44)33(31)47-35(25)38)14-29(36(38,4)45)42(23)12-6-2/h5-10,15,19,23,26,29,34-35,43-45H,1-2,11-14,16-18H2,3-4H3/b39-24+,40-25+/t19-,23?,26+,29+,34-,35-,36+,37-,38-/m0/s1. The summed E-state index contributed by atoms with van der Waals surface area (Å²) in [5, 5.41) is 44.6. The number of nitrogens with zero attached hydrogens (tertiary/aromatic N) is 4. The van der Waals surface area contributed by atoms with Gasteiger partial charge in [-0.15, -0.1) is 13.2 Å². The Kier molecular flexibility index (Phi) is 5.28. The number of hydrogen-bond donors (Lipinski definition) is 3. The van der Waals surface area contributed by atoms with Gasteiger partial charge in [0, 0.05) is 60.9 Å². The van der Waals surface area contributed by atoms with Crippen LogP contribution in [0, 0.1) is 5.92 Å². The monoisotopic (exact) mass is 632 g/mol. The van der Waals surface area contributed by atoms with E-state index in [0.717, 1.165) is 47.5 Å². The molecule has 242 valence electrons. The first kappa shape index (κ1) is 28.0. The number of aliphatic hydroxyl groups is 1. The highest BCUT2D eigenvalue weighted by Crippen LogP contribution is 2.66. The number of aromatic hydroxyl groups is 2. The van der Waals surface area contributed by atoms with Crippen LogP contribution in [0.1, 0.15) is 55.4 Å². The van der Waals surface area contributed by atoms with Gasteiger partial charge in [0.2, 0.25) is 0 Å². The van der Waals surface area contributed by atoms with Crippen LogP contribution in [-0.2, 0) is 23.7 Å². The molecule has 4 aliphatic heterocycles. The molecule has 1 unspecified atom stereocenters. The van der Waals surface area contributed by atoms with Gasteiger partial charge in [0.25, 0.3) is 0 Å². The topological polar surface area (TPSA) is 110 Å². The molecule has 4 heterocycles. The second-order valence-electron chi connectivity index (χ2n) is 15.2. The third kappa shape index (κ3) is 3.05. The second kappa shape index (κ2) is 8.88. The van der Waals surface area contributed by atoms with Gasteiger partial charge in [-0.05, 0) is 61.4 Å². The number of piperidine rings is 2. The van der Waals surface area contributed by atoms with Gasteiger partial charge in [-0.3, -0.25) is 4.90 Å². The van der Waals surface area contributed by atoms with Crippen molar-refractivity contribution in [1.82, 2.24) is 9.80 Å². The van der Waals surface area contributed by atoms with Crippen molar-refractivity contribution in [1.29, 1.82) is 0 Å². The fraction of sp³-hybridized carbons (Fsp3) is 0.474. The van der Waals surface area contributed by atoms with Gasteiger partial charge in [0.15, 0.2) is 35.2 Å². The third-order valence-electron chi connectivity index (χ3n) is 13.5. The van der Waals surface area contributed by atoms with E-state index in [0.29, 0.717) is 37.3 Å². The van der Waals surface area contributed by atoms with Crippen molar-refractivity contribution in [3.05, 3.63) is 83.6 Å². The van der Waals surface area contributed by atoms with Crippen LogP contribution in [0.5, 0.6) is 23.0 Å². The summed E-state index contributed by atoms with van der Waals surface area (Å²) in [6.45, 7) is 13.8. The Morgan fingerprint density at radius 1 is 0.936 bits per heavy atom. The maximum absolute atomic E-state index is 12.5. The minimum absolute atomic E-state index is 0.0948. The summed E-state index contributed by atoms with van der Waals surface area (Å²) < 4.78 is 13.4. The molecular formula is C38H40N4O5. The zero-order valence-corrected chi connectivity index (χ0v) is 26.8. The predicted octanol–water partition coefficient (Wildman–Crippen LogP) is 4.28. The summed E-state index contributed by atoms with van der Waals surface area (Å²) in [7, 11) is 0. The number of phenols is 2. The molecule has 3 fully saturated rings. The van der Waals surface area contributed by atoms with Crippen molar-refractivity contribution in [2.24, 2.45) is 16.1 Å². The van der Waals surface area contributed by atoms with Crippen LogP contribution in [0.3, 0.4) is 0 Å². The van der Waals surface area contributed by atoms with Gasteiger partial charge in [0.1, 0.15) is 5.71 Å². The van der Waals surface area contributed by atoms with Gasteiger partial charge in [-0.1, -0.05) is 31.2 Å². The highest BCUT2D eigenvalue weighted by Gasteiger charge is 2.73. The van der Waals surface area contributed by atoms with E-state index in [2.05, 4.69) is 42.0 Å². The van der Waals surface area contributed by atoms with Crippen molar-refractivity contribution in [3.8, 4) is 23.0 Å². The Hall–Kier alpha value is -4.08. The Balaban J connectivity index is 1.15. The van der Waals surface area contributed by atoms with Gasteiger partial charge in [-0.25, -0.2) is 0 Å². The first-order valence-electron chi connectivity index (χ1n) is 17.0. The number of fused-ring (bicyclic) bond motifs is 4. The van der Waals surface area contributed by atoms with Crippen molar-refractivity contribution in [2.75, 3.05) is 13.1 Å². The van der Waals surface area contributed by atoms with E-state index in [1.54, 1.807) is 12.1 Å². The predicted molar refractivity (Wildman–Crippen MR) is 178 cm³/mol. The maximum atomic E-state index is 12.5. The molecule has 0 aromatic heterocycles. The van der Waals surface area contributed by atoms with E-state index < -0.39 is 17.1 Å². The quantitative estimate of drug-likeness (QED) is 0.334. The number of allylic oxidation sites excluding steroid dienone is 1. The Bertz CT molecular complexity index is 1910. The van der Waals surface area contributed by atoms with Gasteiger partial charge >= 0.3 is 0 Å². The molecule has 9 nitrogen and oxygen atoms in total. The normalized spacial score (nSPS) is 41.0. The highest BCUT2D eigenvalue weighted by molar-refractivity contribution is 6.04. The Labute approximate surface area is 274 Å². The number of hydrogen-bond acceptors (Lipinski definition) is 9. The molecule has 9 atom stereocenters. The average Bonchev–Trinajstić information content (AvgIpc) is 3.59. The third-order valence-corrected chi connectivity index (χ3v) is 13.5. The van der Waals surface area contributed by atoms with Crippen LogP contribution in [0.2, 0.25) is 0 Å². The zero-order valence-electron chi connectivity index (χ0n) is 26.8. The molecule has 2 aromatic carbocycles. The van der Waals surface area contributed by atoms with Crippen LogP contribution < -0.4 is 9.47 Å². The van der Waals surface area contributed by atoms with Crippen molar-refractivity contribution in [3.63, 3.8) is 0 Å². The number of benzene rings is 2. The van der Waals surface area contributed by atoms with Crippen molar-refractivity contribution >= 4 is 11.4 Å². The number of ether oxygens (including phenoxy) is 2. The molecule has 9 heteroatoms. The first-order chi connectivity index (χ1) is 22.7. The molecule has 0 amide bonds. The molecule has 6 bridgehead atoms. The van der Waals surface area contributed by atoms with E-state index in [-0.39, 0.29) is 47.1 Å². The Morgan fingerprint density at radius 2 is 1.64 bits per heavy atom. The highest BCUT2D eigenvalue weighted by atomic mass is 16.5. The average molecular weight is 633 g/mol. The van der Waals surface area contributed by atoms with Gasteiger partial charge in [0.05, 0.1) is 22.1 Å². The summed E-state index contributed by atoms with van der Waals surface area (Å²) in [6.07, 6.45) is 8.77. The Morgan fingerprint density at radius 3 is 2.38 bits per heavy atom. The summed E-state index contributed by atoms with van der Waals surface area (Å²) in [5.74, 6) is 1.57. The van der Waals surface area contributed by atoms with Crippen LogP contribution in [-0.4, -0.2) is 85.6 Å². The molecule has 4 aliphatic carbocycles. The molecule has 1 saturated carbocycles. The SMILES string of the molecule is C=CCN1C2=C/C(=N\N=C3/CC4C[C@]56c7c(ccc(O)c7O[C@@H]35)C[C@@H](N4CC=C)[C@@]6(C)O)[C@@H]3Oc4c(O)ccc5c4[C@]3(C2)[C@@H](C)[C@H]1C5. The summed E-state index contributed by atoms with van der Waals surface area (Å²) >= 11 is 0. The molecule has 8 aliphatic rings. The summed E-state index contributed by atoms with van der Waals surface area (Å²) in [5.41, 5.74) is 4.83. The van der Waals surface area contributed by atoms with Crippen molar-refractivity contribution in [2.45, 2.75) is 92.7 Å². The minimum atomic E-state index is -1.14. The zero-order chi connectivity index (χ0) is 32.2. The number of likely N-dealkylation sites (tertiary alicyclic amines) is 2. The summed E-state index contributed by atoms with van der Waals surface area (Å²) in [4.78, 5) is 4.85. The van der Waals surface area contributed by atoms with E-state index in [1.807, 2.05) is 25.1 Å². The van der Waals surface area contributed by atoms with Crippen LogP contribution in [0.4, 0.5) is 0 Å². The number of phenolic OH excluding ortho intramolecular Hbond substituents is 2. The van der Waals surface area contributed by atoms with Crippen molar-refractivity contribution < 1.29 is 24.8 Å². The van der Waals surface area contributed by atoms with Crippen LogP contribution >= 0.6 is 0 Å². The molecule has 3 N–H and O–H groups in total. The molecule has 10 rings (SSSR count). The molecule has 0 radical (unpaired) electrons. The first-order valence-corrected chi connectivity index (χ1v) is 17.0. The van der Waals surface area contributed by atoms with Gasteiger partial charge in [-0.2, -0.15) is 10.2 Å². The molecule has 2 saturated heterocycles. The summed E-state index contributed by atoms with van der Waals surface area (Å²) in [6, 6.07) is 7.79. The van der Waals surface area contributed by atoms with Crippen LogP contribution in [0.25, 0.3) is 0 Å². The van der Waals surface area contributed by atoms with E-state index in [1.165, 1.54) is 11.3 Å². The minimum Gasteiger partial charge on any atom is -0.504 e. The lowest BCUT2D eigenvalue weighted by atomic mass is 9.49. The van der Waals surface area contributed by atoms with E-state index in [4.69, 9.17) is 19.7 Å². The lowest BCUT2D eigenvalue weighted by Crippen LogP contribution is -2.78. The largest absolute Gasteiger partial charge is 0.504 e. The number of rotatable bonds is 5. The lowest BCUT2D eigenvalue weighted by Gasteiger charge is -2.64. The maximum Gasteiger partial charge on any atom is 0.166 e. The molecule has 47 heavy (non-hydrogen) atoms. The smallest absolute Gasteiger partial charge is 0.166 e. The molecule has 2 spiro atoms. The fourth-order valence-corrected chi connectivity index (χ4v) is 11.6. The van der Waals surface area contributed by atoms with E-state index in [9.17, 15) is 15.3 Å². The molecule has 2 aromatic rings. The van der Waals surface area contributed by atoms with Gasteiger partial charge < -0.3 is 29.7 Å².